The third-order valence-corrected chi connectivity index (χ3v) is 4.68. The summed E-state index contributed by atoms with van der Waals surface area (Å²) >= 11 is 1.31. The molecule has 22 heavy (non-hydrogen) atoms. The van der Waals surface area contributed by atoms with Crippen molar-refractivity contribution in [1.82, 2.24) is 4.57 Å². The number of thiazole rings is 1. The summed E-state index contributed by atoms with van der Waals surface area (Å²) in [7, 11) is 1.82. The number of carbonyl (C=O) groups excluding carboxylic acids is 1. The van der Waals surface area contributed by atoms with Crippen LogP contribution in [0.15, 0.2) is 41.4 Å². The maximum absolute atomic E-state index is 13.3. The summed E-state index contributed by atoms with van der Waals surface area (Å²) in [6.45, 7) is 3.88. The molecule has 0 unspecified atom stereocenters. The Balaban J connectivity index is 2.12. The minimum atomic E-state index is -0.290. The van der Waals surface area contributed by atoms with Gasteiger partial charge in [-0.1, -0.05) is 29.0 Å². The van der Waals surface area contributed by atoms with Crippen LogP contribution in [-0.4, -0.2) is 10.5 Å². The zero-order valence-corrected chi connectivity index (χ0v) is 13.4. The molecule has 1 aromatic heterocycles. The predicted octanol–water partition coefficient (Wildman–Crippen LogP) is 3.74. The minimum absolute atomic E-state index is 0.278. The standard InChI is InChI=1S/C17H15FN2OS/c1-10-4-6-13(11(2)8-10)16(21)19-17-20(3)14-7-5-12(18)9-15(14)22-17/h4-9H,1-3H3. The summed E-state index contributed by atoms with van der Waals surface area (Å²) in [5.41, 5.74) is 3.47. The second kappa shape index (κ2) is 5.50. The lowest BCUT2D eigenvalue weighted by Gasteiger charge is -2.02. The van der Waals surface area contributed by atoms with Crippen molar-refractivity contribution in [3.8, 4) is 0 Å². The fourth-order valence-electron chi connectivity index (χ4n) is 2.42. The number of rotatable bonds is 1. The Morgan fingerprint density at radius 3 is 2.68 bits per heavy atom. The zero-order valence-electron chi connectivity index (χ0n) is 12.6. The number of nitrogens with zero attached hydrogens (tertiary/aromatic N) is 2. The van der Waals surface area contributed by atoms with Crippen molar-refractivity contribution < 1.29 is 9.18 Å². The van der Waals surface area contributed by atoms with E-state index in [0.717, 1.165) is 21.3 Å². The largest absolute Gasteiger partial charge is 0.319 e. The highest BCUT2D eigenvalue weighted by molar-refractivity contribution is 7.16. The number of benzene rings is 2. The normalized spacial score (nSPS) is 12.1. The molecule has 0 spiro atoms. The zero-order chi connectivity index (χ0) is 15.9. The van der Waals surface area contributed by atoms with Crippen LogP contribution in [0.25, 0.3) is 10.2 Å². The Labute approximate surface area is 131 Å². The van der Waals surface area contributed by atoms with Gasteiger partial charge >= 0.3 is 0 Å². The highest BCUT2D eigenvalue weighted by Gasteiger charge is 2.10. The van der Waals surface area contributed by atoms with Crippen molar-refractivity contribution >= 4 is 27.5 Å². The quantitative estimate of drug-likeness (QED) is 0.674. The molecule has 112 valence electrons. The summed E-state index contributed by atoms with van der Waals surface area (Å²) < 4.78 is 15.9. The van der Waals surface area contributed by atoms with Crippen LogP contribution >= 0.6 is 11.3 Å². The van der Waals surface area contributed by atoms with Crippen LogP contribution in [0.3, 0.4) is 0 Å². The summed E-state index contributed by atoms with van der Waals surface area (Å²) in [6.07, 6.45) is 0. The molecule has 2 aromatic carbocycles. The van der Waals surface area contributed by atoms with E-state index in [0.29, 0.717) is 10.4 Å². The van der Waals surface area contributed by atoms with Crippen LogP contribution in [0.5, 0.6) is 0 Å². The average Bonchev–Trinajstić information content (AvgIpc) is 2.74. The van der Waals surface area contributed by atoms with Gasteiger partial charge in [0.15, 0.2) is 4.80 Å². The van der Waals surface area contributed by atoms with E-state index in [1.165, 1.54) is 23.5 Å². The van der Waals surface area contributed by atoms with Gasteiger partial charge in [-0.2, -0.15) is 4.99 Å². The molecule has 0 aliphatic rings. The Kier molecular flexibility index (Phi) is 3.66. The van der Waals surface area contributed by atoms with Gasteiger partial charge in [0.25, 0.3) is 5.91 Å². The Morgan fingerprint density at radius 2 is 1.95 bits per heavy atom. The number of hydrogen-bond acceptors (Lipinski definition) is 2. The van der Waals surface area contributed by atoms with Gasteiger partial charge in [-0.3, -0.25) is 4.79 Å². The number of aromatic nitrogens is 1. The van der Waals surface area contributed by atoms with Gasteiger partial charge in [0, 0.05) is 12.6 Å². The van der Waals surface area contributed by atoms with E-state index < -0.39 is 0 Å². The van der Waals surface area contributed by atoms with E-state index >= 15 is 0 Å². The molecule has 0 atom stereocenters. The van der Waals surface area contributed by atoms with Crippen molar-refractivity contribution in [2.24, 2.45) is 12.0 Å². The number of halogens is 1. The molecule has 0 N–H and O–H groups in total. The predicted molar refractivity (Wildman–Crippen MR) is 86.6 cm³/mol. The highest BCUT2D eigenvalue weighted by atomic mass is 32.1. The van der Waals surface area contributed by atoms with Crippen LogP contribution in [0.4, 0.5) is 4.39 Å². The van der Waals surface area contributed by atoms with E-state index in [1.54, 1.807) is 16.7 Å². The summed E-state index contributed by atoms with van der Waals surface area (Å²) in [5.74, 6) is -0.568. The minimum Gasteiger partial charge on any atom is -0.319 e. The first-order valence-corrected chi connectivity index (χ1v) is 7.69. The molecule has 0 aliphatic heterocycles. The second-order valence-electron chi connectivity index (χ2n) is 5.29. The van der Waals surface area contributed by atoms with E-state index in [-0.39, 0.29) is 11.7 Å². The topological polar surface area (TPSA) is 34.4 Å². The van der Waals surface area contributed by atoms with E-state index in [9.17, 15) is 9.18 Å². The van der Waals surface area contributed by atoms with E-state index in [1.807, 2.05) is 33.0 Å². The van der Waals surface area contributed by atoms with Crippen molar-refractivity contribution in [2.75, 3.05) is 0 Å². The monoisotopic (exact) mass is 314 g/mol. The molecule has 1 amide bonds. The van der Waals surface area contributed by atoms with Crippen molar-refractivity contribution in [3.05, 3.63) is 63.7 Å². The molecule has 3 rings (SSSR count). The number of hydrogen-bond donors (Lipinski definition) is 0. The van der Waals surface area contributed by atoms with Gasteiger partial charge in [-0.15, -0.1) is 0 Å². The van der Waals surface area contributed by atoms with Gasteiger partial charge < -0.3 is 4.57 Å². The molecule has 0 saturated heterocycles. The molecule has 5 heteroatoms. The van der Waals surface area contributed by atoms with Crippen LogP contribution in [0.2, 0.25) is 0 Å². The first kappa shape index (κ1) is 14.7. The molecule has 0 bridgehead atoms. The molecule has 0 radical (unpaired) electrons. The molecule has 0 fully saturated rings. The molecule has 0 aliphatic carbocycles. The maximum atomic E-state index is 13.3. The van der Waals surface area contributed by atoms with E-state index in [2.05, 4.69) is 4.99 Å². The van der Waals surface area contributed by atoms with E-state index in [4.69, 9.17) is 0 Å². The van der Waals surface area contributed by atoms with Gasteiger partial charge in [0.05, 0.1) is 10.2 Å². The van der Waals surface area contributed by atoms with Crippen molar-refractivity contribution in [3.63, 3.8) is 0 Å². The molecular formula is C17H15FN2OS. The van der Waals surface area contributed by atoms with Crippen molar-refractivity contribution in [2.45, 2.75) is 13.8 Å². The fourth-order valence-corrected chi connectivity index (χ4v) is 3.46. The van der Waals surface area contributed by atoms with Gasteiger partial charge in [-0.25, -0.2) is 4.39 Å². The lowest BCUT2D eigenvalue weighted by molar-refractivity contribution is 0.0997. The summed E-state index contributed by atoms with van der Waals surface area (Å²) in [6, 6.07) is 10.2. The number of aryl methyl sites for hydroxylation is 3. The molecule has 3 aromatic rings. The third kappa shape index (κ3) is 2.60. The van der Waals surface area contributed by atoms with Crippen LogP contribution in [-0.2, 0) is 7.05 Å². The summed E-state index contributed by atoms with van der Waals surface area (Å²) in [5, 5.41) is 0. The Bertz CT molecular complexity index is 953. The Hall–Kier alpha value is -2.27. The highest BCUT2D eigenvalue weighted by Crippen LogP contribution is 2.18. The molecular weight excluding hydrogens is 299 g/mol. The molecule has 1 heterocycles. The average molecular weight is 314 g/mol. The lowest BCUT2D eigenvalue weighted by Crippen LogP contribution is -2.13. The SMILES string of the molecule is Cc1ccc(C(=O)N=c2sc3cc(F)ccc3n2C)c(C)c1. The maximum Gasteiger partial charge on any atom is 0.279 e. The van der Waals surface area contributed by atoms with Crippen LogP contribution in [0.1, 0.15) is 21.5 Å². The lowest BCUT2D eigenvalue weighted by atomic mass is 10.1. The summed E-state index contributed by atoms with van der Waals surface area (Å²) in [4.78, 5) is 17.2. The smallest absolute Gasteiger partial charge is 0.279 e. The van der Waals surface area contributed by atoms with Gasteiger partial charge in [0.2, 0.25) is 0 Å². The first-order valence-electron chi connectivity index (χ1n) is 6.87. The second-order valence-corrected chi connectivity index (χ2v) is 6.30. The number of carbonyl (C=O) groups is 1. The van der Waals surface area contributed by atoms with Gasteiger partial charge in [-0.05, 0) is 43.7 Å². The van der Waals surface area contributed by atoms with Crippen LogP contribution in [0, 0.1) is 19.7 Å². The van der Waals surface area contributed by atoms with Gasteiger partial charge in [0.1, 0.15) is 5.82 Å². The number of amides is 1. The Morgan fingerprint density at radius 1 is 1.18 bits per heavy atom. The van der Waals surface area contributed by atoms with Crippen LogP contribution < -0.4 is 4.80 Å². The molecule has 0 saturated carbocycles. The third-order valence-electron chi connectivity index (χ3n) is 3.58. The van der Waals surface area contributed by atoms with Crippen molar-refractivity contribution in [1.29, 1.82) is 0 Å². The number of fused-ring (bicyclic) bond motifs is 1. The molecule has 3 nitrogen and oxygen atoms in total. The fraction of sp³-hybridized carbons (Fsp3) is 0.176. The first-order chi connectivity index (χ1) is 10.5.